The van der Waals surface area contributed by atoms with Crippen LogP contribution in [-0.4, -0.2) is 33.7 Å². The fourth-order valence-electron chi connectivity index (χ4n) is 1.44. The molecule has 0 atom stereocenters. The number of hydrogen-bond acceptors (Lipinski definition) is 3. The molecular formula is C13H18N2O3S. The van der Waals surface area contributed by atoms with Crippen molar-refractivity contribution in [3.8, 4) is 0 Å². The molecule has 1 aromatic rings. The monoisotopic (exact) mass is 282 g/mol. The van der Waals surface area contributed by atoms with Gasteiger partial charge in [0.1, 0.15) is 0 Å². The molecule has 0 aliphatic carbocycles. The molecular weight excluding hydrogens is 264 g/mol. The first-order valence-corrected chi connectivity index (χ1v) is 7.49. The minimum Gasteiger partial charge on any atom is -0.349 e. The van der Waals surface area contributed by atoms with E-state index in [-0.39, 0.29) is 11.7 Å². The third kappa shape index (κ3) is 3.82. The van der Waals surface area contributed by atoms with Crippen LogP contribution in [0.2, 0.25) is 0 Å². The quantitative estimate of drug-likeness (QED) is 0.802. The Balaban J connectivity index is 2.88. The molecule has 0 saturated carbocycles. The Morgan fingerprint density at radius 2 is 1.95 bits per heavy atom. The maximum Gasteiger partial charge on any atom is 0.251 e. The van der Waals surface area contributed by atoms with Crippen molar-refractivity contribution in [2.24, 2.45) is 0 Å². The molecule has 104 valence electrons. The molecule has 5 nitrogen and oxygen atoms in total. The Kier molecular flexibility index (Phi) is 5.11. The first-order valence-electron chi connectivity index (χ1n) is 5.88. The summed E-state index contributed by atoms with van der Waals surface area (Å²) in [5, 5.41) is 2.65. The first kappa shape index (κ1) is 15.2. The van der Waals surface area contributed by atoms with Gasteiger partial charge in [-0.25, -0.2) is 8.42 Å². The summed E-state index contributed by atoms with van der Waals surface area (Å²) in [5.74, 6) is -0.183. The van der Waals surface area contributed by atoms with E-state index < -0.39 is 10.0 Å². The van der Waals surface area contributed by atoms with Gasteiger partial charge in [0.15, 0.2) is 0 Å². The van der Waals surface area contributed by atoms with E-state index in [1.807, 2.05) is 0 Å². The highest BCUT2D eigenvalue weighted by molar-refractivity contribution is 7.92. The lowest BCUT2D eigenvalue weighted by Gasteiger charge is -2.18. The smallest absolute Gasteiger partial charge is 0.251 e. The highest BCUT2D eigenvalue weighted by atomic mass is 32.2. The van der Waals surface area contributed by atoms with Crippen LogP contribution in [0.1, 0.15) is 17.3 Å². The van der Waals surface area contributed by atoms with Crippen molar-refractivity contribution in [3.63, 3.8) is 0 Å². The summed E-state index contributed by atoms with van der Waals surface area (Å²) < 4.78 is 24.6. The van der Waals surface area contributed by atoms with Crippen molar-refractivity contribution in [1.82, 2.24) is 5.32 Å². The predicted molar refractivity (Wildman–Crippen MR) is 76.8 cm³/mol. The van der Waals surface area contributed by atoms with Gasteiger partial charge in [0.05, 0.1) is 11.4 Å². The molecule has 0 aromatic heterocycles. The second-order valence-electron chi connectivity index (χ2n) is 3.91. The molecule has 0 aliphatic heterocycles. The Labute approximate surface area is 114 Å². The van der Waals surface area contributed by atoms with Crippen LogP contribution >= 0.6 is 0 Å². The van der Waals surface area contributed by atoms with Crippen molar-refractivity contribution >= 4 is 21.6 Å². The Morgan fingerprint density at radius 3 is 2.42 bits per heavy atom. The van der Waals surface area contributed by atoms with Crippen molar-refractivity contribution in [3.05, 3.63) is 42.5 Å². The lowest BCUT2D eigenvalue weighted by atomic mass is 10.2. The minimum atomic E-state index is -3.28. The van der Waals surface area contributed by atoms with Crippen molar-refractivity contribution in [1.29, 1.82) is 0 Å². The van der Waals surface area contributed by atoms with Crippen LogP contribution in [0.15, 0.2) is 36.9 Å². The number of carbonyl (C=O) groups excluding carboxylic acids is 1. The molecule has 0 saturated heterocycles. The van der Waals surface area contributed by atoms with Crippen LogP contribution in [0.3, 0.4) is 0 Å². The largest absolute Gasteiger partial charge is 0.349 e. The van der Waals surface area contributed by atoms with Crippen molar-refractivity contribution in [2.75, 3.05) is 23.7 Å². The van der Waals surface area contributed by atoms with Gasteiger partial charge < -0.3 is 5.32 Å². The number of carbonyl (C=O) groups is 1. The standard InChI is InChI=1S/C13H18N2O3S/c1-4-10-14-13(16)11-6-8-12(9-7-11)15(3)19(17,18)5-2/h4,6-9H,1,5,10H2,2-3H3,(H,14,16). The van der Waals surface area contributed by atoms with Gasteiger partial charge in [0, 0.05) is 19.2 Å². The van der Waals surface area contributed by atoms with E-state index in [4.69, 9.17) is 0 Å². The predicted octanol–water partition coefficient (Wildman–Crippen LogP) is 1.39. The van der Waals surface area contributed by atoms with Gasteiger partial charge in [-0.1, -0.05) is 6.08 Å². The summed E-state index contributed by atoms with van der Waals surface area (Å²) in [6, 6.07) is 6.40. The Morgan fingerprint density at radius 1 is 1.37 bits per heavy atom. The molecule has 0 heterocycles. The zero-order valence-corrected chi connectivity index (χ0v) is 11.9. The summed E-state index contributed by atoms with van der Waals surface area (Å²) in [6.45, 7) is 5.49. The normalized spacial score (nSPS) is 10.8. The molecule has 1 N–H and O–H groups in total. The maximum absolute atomic E-state index is 11.7. The van der Waals surface area contributed by atoms with E-state index in [1.165, 1.54) is 11.4 Å². The molecule has 0 unspecified atom stereocenters. The van der Waals surface area contributed by atoms with Crippen molar-refractivity contribution < 1.29 is 13.2 Å². The van der Waals surface area contributed by atoms with Crippen molar-refractivity contribution in [2.45, 2.75) is 6.92 Å². The molecule has 0 spiro atoms. The zero-order valence-electron chi connectivity index (χ0n) is 11.1. The Hall–Kier alpha value is -1.82. The van der Waals surface area contributed by atoms with Crippen LogP contribution in [0, 0.1) is 0 Å². The molecule has 1 amide bonds. The van der Waals surface area contributed by atoms with Crippen LogP contribution < -0.4 is 9.62 Å². The topological polar surface area (TPSA) is 66.5 Å². The van der Waals surface area contributed by atoms with E-state index in [0.29, 0.717) is 17.8 Å². The van der Waals surface area contributed by atoms with E-state index in [0.717, 1.165) is 0 Å². The van der Waals surface area contributed by atoms with Gasteiger partial charge in [0.25, 0.3) is 5.91 Å². The van der Waals surface area contributed by atoms with E-state index in [2.05, 4.69) is 11.9 Å². The average Bonchev–Trinajstić information content (AvgIpc) is 2.44. The number of benzene rings is 1. The molecule has 0 radical (unpaired) electrons. The fourth-order valence-corrected chi connectivity index (χ4v) is 2.27. The van der Waals surface area contributed by atoms with E-state index >= 15 is 0 Å². The molecule has 0 fully saturated rings. The number of rotatable bonds is 6. The van der Waals surface area contributed by atoms with Crippen LogP contribution in [0.25, 0.3) is 0 Å². The number of nitrogens with zero attached hydrogens (tertiary/aromatic N) is 1. The number of nitrogens with one attached hydrogen (secondary N) is 1. The zero-order chi connectivity index (χ0) is 14.5. The summed E-state index contributed by atoms with van der Waals surface area (Å²) in [5.41, 5.74) is 1.01. The summed E-state index contributed by atoms with van der Waals surface area (Å²) in [7, 11) is -1.79. The summed E-state index contributed by atoms with van der Waals surface area (Å²) in [6.07, 6.45) is 1.59. The minimum absolute atomic E-state index is 0.0328. The number of hydrogen-bond donors (Lipinski definition) is 1. The lowest BCUT2D eigenvalue weighted by molar-refractivity contribution is 0.0958. The molecule has 19 heavy (non-hydrogen) atoms. The highest BCUT2D eigenvalue weighted by Gasteiger charge is 2.15. The highest BCUT2D eigenvalue weighted by Crippen LogP contribution is 2.17. The Bertz CT molecular complexity index is 550. The fraction of sp³-hybridized carbons (Fsp3) is 0.308. The van der Waals surface area contributed by atoms with Gasteiger partial charge in [-0.05, 0) is 31.2 Å². The molecule has 1 rings (SSSR count). The lowest BCUT2D eigenvalue weighted by Crippen LogP contribution is -2.28. The summed E-state index contributed by atoms with van der Waals surface area (Å²) in [4.78, 5) is 11.6. The summed E-state index contributed by atoms with van der Waals surface area (Å²) >= 11 is 0. The SMILES string of the molecule is C=CCNC(=O)c1ccc(N(C)S(=O)(=O)CC)cc1. The maximum atomic E-state index is 11.7. The molecule has 6 heteroatoms. The van der Waals surface area contributed by atoms with Gasteiger partial charge in [-0.15, -0.1) is 6.58 Å². The first-order chi connectivity index (χ1) is 8.92. The second-order valence-corrected chi connectivity index (χ2v) is 6.20. The third-order valence-electron chi connectivity index (χ3n) is 2.68. The average molecular weight is 282 g/mol. The van der Waals surface area contributed by atoms with Crippen LogP contribution in [0.4, 0.5) is 5.69 Å². The second kappa shape index (κ2) is 6.38. The van der Waals surface area contributed by atoms with E-state index in [9.17, 15) is 13.2 Å². The number of sulfonamides is 1. The number of amides is 1. The number of anilines is 1. The van der Waals surface area contributed by atoms with Gasteiger partial charge >= 0.3 is 0 Å². The van der Waals surface area contributed by atoms with Gasteiger partial charge in [0.2, 0.25) is 10.0 Å². The van der Waals surface area contributed by atoms with E-state index in [1.54, 1.807) is 37.3 Å². The van der Waals surface area contributed by atoms with Crippen LogP contribution in [-0.2, 0) is 10.0 Å². The van der Waals surface area contributed by atoms with Gasteiger partial charge in [-0.3, -0.25) is 9.10 Å². The molecule has 1 aromatic carbocycles. The van der Waals surface area contributed by atoms with Crippen LogP contribution in [0.5, 0.6) is 0 Å². The van der Waals surface area contributed by atoms with Gasteiger partial charge in [-0.2, -0.15) is 0 Å². The molecule has 0 aliphatic rings. The third-order valence-corrected chi connectivity index (χ3v) is 4.46. The molecule has 0 bridgehead atoms.